The van der Waals surface area contributed by atoms with Crippen molar-refractivity contribution < 1.29 is 13.9 Å². The second-order valence-corrected chi connectivity index (χ2v) is 7.02. The SMILES string of the molecule is Cc1ccc(-c2nn(-c3ccc(F)cc3)cc2C(=O)NC[C@H]2CCCO2)cc1. The van der Waals surface area contributed by atoms with Crippen LogP contribution in [0, 0.1) is 12.7 Å². The Hall–Kier alpha value is -2.99. The Morgan fingerprint density at radius 2 is 1.96 bits per heavy atom. The van der Waals surface area contributed by atoms with Crippen molar-refractivity contribution in [1.29, 1.82) is 0 Å². The van der Waals surface area contributed by atoms with Crippen molar-refractivity contribution in [2.75, 3.05) is 13.2 Å². The molecule has 1 aliphatic rings. The van der Waals surface area contributed by atoms with Crippen LogP contribution in [-0.4, -0.2) is 34.9 Å². The average molecular weight is 379 g/mol. The molecule has 1 saturated heterocycles. The molecule has 0 spiro atoms. The van der Waals surface area contributed by atoms with Crippen molar-refractivity contribution in [1.82, 2.24) is 15.1 Å². The number of halogens is 1. The third-order valence-electron chi connectivity index (χ3n) is 4.89. The Morgan fingerprint density at radius 1 is 1.21 bits per heavy atom. The summed E-state index contributed by atoms with van der Waals surface area (Å²) in [6.07, 6.45) is 3.74. The van der Waals surface area contributed by atoms with Gasteiger partial charge >= 0.3 is 0 Å². The van der Waals surface area contributed by atoms with Crippen LogP contribution in [0.1, 0.15) is 28.8 Å². The average Bonchev–Trinajstić information content (AvgIpc) is 3.37. The number of aromatic nitrogens is 2. The molecule has 144 valence electrons. The second kappa shape index (κ2) is 7.94. The van der Waals surface area contributed by atoms with Crippen LogP contribution < -0.4 is 5.32 Å². The molecule has 1 fully saturated rings. The Balaban J connectivity index is 1.66. The maximum Gasteiger partial charge on any atom is 0.255 e. The summed E-state index contributed by atoms with van der Waals surface area (Å²) >= 11 is 0. The number of hydrogen-bond acceptors (Lipinski definition) is 3. The minimum atomic E-state index is -0.316. The Bertz CT molecular complexity index is 958. The molecule has 1 amide bonds. The lowest BCUT2D eigenvalue weighted by Gasteiger charge is -2.10. The molecular weight excluding hydrogens is 357 g/mol. The van der Waals surface area contributed by atoms with E-state index in [1.807, 2.05) is 31.2 Å². The van der Waals surface area contributed by atoms with Gasteiger partial charge in [0.25, 0.3) is 5.91 Å². The van der Waals surface area contributed by atoms with Gasteiger partial charge in [0, 0.05) is 24.9 Å². The first-order chi connectivity index (χ1) is 13.6. The molecule has 6 heteroatoms. The molecule has 0 aliphatic carbocycles. The van der Waals surface area contributed by atoms with E-state index in [1.54, 1.807) is 23.0 Å². The normalized spacial score (nSPS) is 16.3. The van der Waals surface area contributed by atoms with E-state index in [9.17, 15) is 9.18 Å². The number of carbonyl (C=O) groups excluding carboxylic acids is 1. The molecule has 1 N–H and O–H groups in total. The fourth-order valence-corrected chi connectivity index (χ4v) is 3.30. The van der Waals surface area contributed by atoms with Crippen molar-refractivity contribution >= 4 is 5.91 Å². The van der Waals surface area contributed by atoms with E-state index >= 15 is 0 Å². The van der Waals surface area contributed by atoms with Crippen LogP contribution in [0.5, 0.6) is 0 Å². The first kappa shape index (κ1) is 18.4. The highest BCUT2D eigenvalue weighted by Gasteiger charge is 2.21. The lowest BCUT2D eigenvalue weighted by Crippen LogP contribution is -2.31. The summed E-state index contributed by atoms with van der Waals surface area (Å²) in [7, 11) is 0. The van der Waals surface area contributed by atoms with E-state index in [0.29, 0.717) is 23.5 Å². The molecule has 0 saturated carbocycles. The maximum absolute atomic E-state index is 13.3. The molecule has 3 aromatic rings. The minimum Gasteiger partial charge on any atom is -0.376 e. The van der Waals surface area contributed by atoms with Crippen molar-refractivity contribution in [3.8, 4) is 16.9 Å². The first-order valence-electron chi connectivity index (χ1n) is 9.42. The van der Waals surface area contributed by atoms with Gasteiger partial charge in [-0.15, -0.1) is 0 Å². The number of hydrogen-bond donors (Lipinski definition) is 1. The van der Waals surface area contributed by atoms with Crippen LogP contribution in [0.4, 0.5) is 4.39 Å². The van der Waals surface area contributed by atoms with Gasteiger partial charge in [-0.1, -0.05) is 29.8 Å². The Labute approximate surface area is 163 Å². The molecule has 5 nitrogen and oxygen atoms in total. The van der Waals surface area contributed by atoms with Crippen LogP contribution in [0.15, 0.2) is 54.7 Å². The standard InChI is InChI=1S/C22H22FN3O2/c1-15-4-6-16(7-5-15)21-20(22(27)24-13-19-3-2-12-28-19)14-26(25-21)18-10-8-17(23)9-11-18/h4-11,14,19H,2-3,12-13H2,1H3,(H,24,27)/t19-/m1/s1. The summed E-state index contributed by atoms with van der Waals surface area (Å²) in [6.45, 7) is 3.24. The van der Waals surface area contributed by atoms with Gasteiger partial charge in [0.15, 0.2) is 0 Å². The van der Waals surface area contributed by atoms with Gasteiger partial charge in [0.05, 0.1) is 17.4 Å². The molecule has 28 heavy (non-hydrogen) atoms. The van der Waals surface area contributed by atoms with E-state index in [-0.39, 0.29) is 17.8 Å². The molecule has 1 atom stereocenters. The minimum absolute atomic E-state index is 0.0684. The zero-order chi connectivity index (χ0) is 19.5. The monoisotopic (exact) mass is 379 g/mol. The highest BCUT2D eigenvalue weighted by molar-refractivity contribution is 6.00. The third-order valence-corrected chi connectivity index (χ3v) is 4.89. The smallest absolute Gasteiger partial charge is 0.255 e. The molecule has 2 aromatic carbocycles. The number of rotatable bonds is 5. The summed E-state index contributed by atoms with van der Waals surface area (Å²) in [4.78, 5) is 12.9. The predicted molar refractivity (Wildman–Crippen MR) is 105 cm³/mol. The van der Waals surface area contributed by atoms with Crippen molar-refractivity contribution in [2.45, 2.75) is 25.9 Å². The van der Waals surface area contributed by atoms with Crippen LogP contribution in [-0.2, 0) is 4.74 Å². The van der Waals surface area contributed by atoms with Gasteiger partial charge in [-0.2, -0.15) is 5.10 Å². The number of carbonyl (C=O) groups is 1. The summed E-state index contributed by atoms with van der Waals surface area (Å²) in [5.41, 5.74) is 3.74. The van der Waals surface area contributed by atoms with Crippen molar-refractivity contribution in [2.24, 2.45) is 0 Å². The lowest BCUT2D eigenvalue weighted by atomic mass is 10.1. The van der Waals surface area contributed by atoms with Crippen molar-refractivity contribution in [3.63, 3.8) is 0 Å². The third kappa shape index (κ3) is 3.97. The van der Waals surface area contributed by atoms with Gasteiger partial charge in [-0.25, -0.2) is 9.07 Å². The van der Waals surface area contributed by atoms with Gasteiger partial charge in [-0.05, 0) is 44.0 Å². The quantitative estimate of drug-likeness (QED) is 0.732. The largest absolute Gasteiger partial charge is 0.376 e. The number of aryl methyl sites for hydroxylation is 1. The second-order valence-electron chi connectivity index (χ2n) is 7.02. The number of amides is 1. The van der Waals surface area contributed by atoms with E-state index in [1.165, 1.54) is 12.1 Å². The van der Waals surface area contributed by atoms with E-state index in [0.717, 1.165) is 30.6 Å². The van der Waals surface area contributed by atoms with Crippen LogP contribution in [0.2, 0.25) is 0 Å². The predicted octanol–water partition coefficient (Wildman–Crippen LogP) is 3.90. The molecule has 0 unspecified atom stereocenters. The summed E-state index contributed by atoms with van der Waals surface area (Å²) < 4.78 is 20.4. The molecule has 2 heterocycles. The number of ether oxygens (including phenoxy) is 1. The zero-order valence-electron chi connectivity index (χ0n) is 15.7. The highest BCUT2D eigenvalue weighted by Crippen LogP contribution is 2.24. The zero-order valence-corrected chi connectivity index (χ0v) is 15.7. The molecule has 0 bridgehead atoms. The maximum atomic E-state index is 13.3. The van der Waals surface area contributed by atoms with Crippen LogP contribution in [0.3, 0.4) is 0 Å². The lowest BCUT2D eigenvalue weighted by molar-refractivity contribution is 0.0858. The Kier molecular flexibility index (Phi) is 5.21. The van der Waals surface area contributed by atoms with Gasteiger partial charge in [0.2, 0.25) is 0 Å². The van der Waals surface area contributed by atoms with Crippen LogP contribution in [0.25, 0.3) is 16.9 Å². The van der Waals surface area contributed by atoms with Gasteiger partial charge < -0.3 is 10.1 Å². The summed E-state index contributed by atoms with van der Waals surface area (Å²) in [5.74, 6) is -0.511. The fourth-order valence-electron chi connectivity index (χ4n) is 3.30. The first-order valence-corrected chi connectivity index (χ1v) is 9.42. The molecular formula is C22H22FN3O2. The Morgan fingerprint density at radius 3 is 2.64 bits per heavy atom. The number of nitrogens with zero attached hydrogens (tertiary/aromatic N) is 2. The molecule has 1 aliphatic heterocycles. The van der Waals surface area contributed by atoms with E-state index in [4.69, 9.17) is 4.74 Å². The fraction of sp³-hybridized carbons (Fsp3) is 0.273. The van der Waals surface area contributed by atoms with E-state index in [2.05, 4.69) is 10.4 Å². The molecule has 4 rings (SSSR count). The highest BCUT2D eigenvalue weighted by atomic mass is 19.1. The van der Waals surface area contributed by atoms with Crippen molar-refractivity contribution in [3.05, 3.63) is 71.7 Å². The molecule has 1 aromatic heterocycles. The summed E-state index contributed by atoms with van der Waals surface area (Å²) in [6, 6.07) is 13.9. The molecule has 0 radical (unpaired) electrons. The van der Waals surface area contributed by atoms with Crippen LogP contribution >= 0.6 is 0 Å². The van der Waals surface area contributed by atoms with Gasteiger partial charge in [-0.3, -0.25) is 4.79 Å². The number of benzene rings is 2. The number of nitrogens with one attached hydrogen (secondary N) is 1. The topological polar surface area (TPSA) is 56.2 Å². The summed E-state index contributed by atoms with van der Waals surface area (Å²) in [5, 5.41) is 7.57. The van der Waals surface area contributed by atoms with Gasteiger partial charge in [0.1, 0.15) is 11.5 Å². The van der Waals surface area contributed by atoms with E-state index < -0.39 is 0 Å².